The maximum atomic E-state index is 12.2. The van der Waals surface area contributed by atoms with Gasteiger partial charge in [0.2, 0.25) is 11.8 Å². The van der Waals surface area contributed by atoms with Crippen molar-refractivity contribution < 1.29 is 9.59 Å². The number of nitrogens with zero attached hydrogens (tertiary/aromatic N) is 4. The number of rotatable bonds is 7. The van der Waals surface area contributed by atoms with Gasteiger partial charge >= 0.3 is 0 Å². The summed E-state index contributed by atoms with van der Waals surface area (Å²) in [5, 5.41) is 7.77. The minimum absolute atomic E-state index is 0.0582. The van der Waals surface area contributed by atoms with Gasteiger partial charge in [-0.2, -0.15) is 5.10 Å². The number of hydrogen-bond acceptors (Lipinski definition) is 4. The van der Waals surface area contributed by atoms with Gasteiger partial charge in [0.25, 0.3) is 0 Å². The van der Waals surface area contributed by atoms with Crippen LogP contribution in [0.3, 0.4) is 0 Å². The van der Waals surface area contributed by atoms with Crippen molar-refractivity contribution in [3.05, 3.63) is 28.7 Å². The monoisotopic (exact) mass is 399 g/mol. The lowest BCUT2D eigenvalue weighted by Crippen LogP contribution is -2.30. The van der Waals surface area contributed by atoms with Crippen molar-refractivity contribution in [2.24, 2.45) is 0 Å². The van der Waals surface area contributed by atoms with Crippen LogP contribution in [0.1, 0.15) is 75.0 Å². The van der Waals surface area contributed by atoms with Crippen molar-refractivity contribution in [3.63, 3.8) is 0 Å². The maximum Gasteiger partial charge on any atom is 0.222 e. The predicted octanol–water partition coefficient (Wildman–Crippen LogP) is 2.92. The standard InChI is InChI=1S/C22H33N5O2/c1-6-7-22(29)26-11-10-17(13-26)19-12-20-24-15(4)18(16(5)27(20)25-19)8-9-21(28)23-14(2)3/h12,14,17H,6-11,13H2,1-5H3,(H,23,28). The zero-order chi connectivity index (χ0) is 21.1. The normalized spacial score (nSPS) is 16.8. The molecule has 3 rings (SSSR count). The van der Waals surface area contributed by atoms with Gasteiger partial charge in [-0.15, -0.1) is 0 Å². The summed E-state index contributed by atoms with van der Waals surface area (Å²) in [4.78, 5) is 30.9. The molecule has 0 bridgehead atoms. The highest BCUT2D eigenvalue weighted by Gasteiger charge is 2.29. The summed E-state index contributed by atoms with van der Waals surface area (Å²) < 4.78 is 1.90. The van der Waals surface area contributed by atoms with Gasteiger partial charge in [-0.3, -0.25) is 9.59 Å². The molecule has 0 radical (unpaired) electrons. The number of carbonyl (C=O) groups excluding carboxylic acids is 2. The molecule has 0 spiro atoms. The molecule has 2 aromatic heterocycles. The summed E-state index contributed by atoms with van der Waals surface area (Å²) in [6.45, 7) is 11.5. The second kappa shape index (κ2) is 8.93. The second-order valence-electron chi connectivity index (χ2n) is 8.40. The molecule has 0 aromatic carbocycles. The smallest absolute Gasteiger partial charge is 0.222 e. The van der Waals surface area contributed by atoms with E-state index in [9.17, 15) is 9.59 Å². The van der Waals surface area contributed by atoms with E-state index >= 15 is 0 Å². The summed E-state index contributed by atoms with van der Waals surface area (Å²) in [7, 11) is 0. The Kier molecular flexibility index (Phi) is 6.55. The van der Waals surface area contributed by atoms with Crippen LogP contribution in [-0.2, 0) is 16.0 Å². The third kappa shape index (κ3) is 4.77. The third-order valence-corrected chi connectivity index (χ3v) is 5.66. The van der Waals surface area contributed by atoms with Crippen LogP contribution in [-0.4, -0.2) is 50.4 Å². The largest absolute Gasteiger partial charge is 0.354 e. The zero-order valence-electron chi connectivity index (χ0n) is 18.3. The fourth-order valence-electron chi connectivity index (χ4n) is 4.14. The fraction of sp³-hybridized carbons (Fsp3) is 0.636. The van der Waals surface area contributed by atoms with E-state index in [0.717, 1.165) is 54.2 Å². The number of aromatic nitrogens is 3. The highest BCUT2D eigenvalue weighted by Crippen LogP contribution is 2.28. The summed E-state index contributed by atoms with van der Waals surface area (Å²) >= 11 is 0. The number of nitrogens with one attached hydrogen (secondary N) is 1. The van der Waals surface area contributed by atoms with Gasteiger partial charge in [0.05, 0.1) is 5.69 Å². The first-order chi connectivity index (χ1) is 13.8. The molecule has 2 amide bonds. The number of carbonyl (C=O) groups is 2. The Labute approximate surface area is 172 Å². The van der Waals surface area contributed by atoms with Crippen LogP contribution in [0.15, 0.2) is 6.07 Å². The van der Waals surface area contributed by atoms with Crippen LogP contribution < -0.4 is 5.32 Å². The molecule has 1 atom stereocenters. The molecule has 1 aliphatic rings. The van der Waals surface area contributed by atoms with Crippen LogP contribution in [0.4, 0.5) is 0 Å². The molecule has 0 aliphatic carbocycles. The van der Waals surface area contributed by atoms with E-state index in [-0.39, 0.29) is 23.8 Å². The van der Waals surface area contributed by atoms with Gasteiger partial charge in [-0.1, -0.05) is 6.92 Å². The third-order valence-electron chi connectivity index (χ3n) is 5.66. The van der Waals surface area contributed by atoms with Crippen molar-refractivity contribution in [3.8, 4) is 0 Å². The van der Waals surface area contributed by atoms with Crippen LogP contribution in [0.5, 0.6) is 0 Å². The maximum absolute atomic E-state index is 12.2. The average Bonchev–Trinajstić information content (AvgIpc) is 3.28. The van der Waals surface area contributed by atoms with Crippen LogP contribution in [0.25, 0.3) is 5.65 Å². The molecule has 1 fully saturated rings. The molecule has 7 nitrogen and oxygen atoms in total. The summed E-state index contributed by atoms with van der Waals surface area (Å²) in [5.74, 6) is 0.561. The summed E-state index contributed by atoms with van der Waals surface area (Å²) in [6.07, 6.45) is 3.54. The average molecular weight is 400 g/mol. The second-order valence-corrected chi connectivity index (χ2v) is 8.40. The molecule has 158 valence electrons. The molecule has 3 heterocycles. The Hall–Kier alpha value is -2.44. The first kappa shape index (κ1) is 21.3. The lowest BCUT2D eigenvalue weighted by Gasteiger charge is -2.15. The van der Waals surface area contributed by atoms with Crippen molar-refractivity contribution in [1.29, 1.82) is 0 Å². The molecular formula is C22H33N5O2. The first-order valence-electron chi connectivity index (χ1n) is 10.7. The van der Waals surface area contributed by atoms with Crippen molar-refractivity contribution in [2.45, 2.75) is 78.7 Å². The molecule has 1 saturated heterocycles. The molecule has 0 saturated carbocycles. The lowest BCUT2D eigenvalue weighted by atomic mass is 10.1. The van der Waals surface area contributed by atoms with E-state index in [4.69, 9.17) is 10.1 Å². The van der Waals surface area contributed by atoms with Gasteiger partial charge in [0.15, 0.2) is 5.65 Å². The van der Waals surface area contributed by atoms with E-state index in [0.29, 0.717) is 19.3 Å². The molecule has 29 heavy (non-hydrogen) atoms. The fourth-order valence-corrected chi connectivity index (χ4v) is 4.14. The van der Waals surface area contributed by atoms with Crippen molar-refractivity contribution >= 4 is 17.5 Å². The number of amides is 2. The number of likely N-dealkylation sites (tertiary alicyclic amines) is 1. The molecule has 2 aromatic rings. The summed E-state index contributed by atoms with van der Waals surface area (Å²) in [5.41, 5.74) is 4.90. The van der Waals surface area contributed by atoms with Gasteiger partial charge in [0.1, 0.15) is 0 Å². The van der Waals surface area contributed by atoms with Gasteiger partial charge in [-0.05, 0) is 52.5 Å². The Bertz CT molecular complexity index is 902. The van der Waals surface area contributed by atoms with E-state index < -0.39 is 0 Å². The topological polar surface area (TPSA) is 79.6 Å². The number of hydrogen-bond donors (Lipinski definition) is 1. The Balaban J connectivity index is 1.77. The minimum atomic E-state index is 0.0582. The lowest BCUT2D eigenvalue weighted by molar-refractivity contribution is -0.130. The zero-order valence-corrected chi connectivity index (χ0v) is 18.3. The van der Waals surface area contributed by atoms with E-state index in [1.165, 1.54) is 0 Å². The molecule has 1 unspecified atom stereocenters. The number of fused-ring (bicyclic) bond motifs is 1. The van der Waals surface area contributed by atoms with Crippen LogP contribution in [0.2, 0.25) is 0 Å². The van der Waals surface area contributed by atoms with Gasteiger partial charge in [0, 0.05) is 55.3 Å². The number of aryl methyl sites for hydroxylation is 2. The molecule has 7 heteroatoms. The van der Waals surface area contributed by atoms with Gasteiger partial charge < -0.3 is 10.2 Å². The minimum Gasteiger partial charge on any atom is -0.354 e. The highest BCUT2D eigenvalue weighted by atomic mass is 16.2. The molecule has 1 N–H and O–H groups in total. The van der Waals surface area contributed by atoms with Crippen LogP contribution in [0, 0.1) is 13.8 Å². The molecule has 1 aliphatic heterocycles. The van der Waals surface area contributed by atoms with E-state index in [2.05, 4.69) is 5.32 Å². The van der Waals surface area contributed by atoms with Crippen LogP contribution >= 0.6 is 0 Å². The predicted molar refractivity (Wildman–Crippen MR) is 113 cm³/mol. The Morgan fingerprint density at radius 2 is 2.03 bits per heavy atom. The molecular weight excluding hydrogens is 366 g/mol. The van der Waals surface area contributed by atoms with E-state index in [1.807, 2.05) is 50.1 Å². The van der Waals surface area contributed by atoms with E-state index in [1.54, 1.807) is 0 Å². The Morgan fingerprint density at radius 1 is 1.28 bits per heavy atom. The quantitative estimate of drug-likeness (QED) is 0.776. The first-order valence-corrected chi connectivity index (χ1v) is 10.7. The highest BCUT2D eigenvalue weighted by molar-refractivity contribution is 5.77. The van der Waals surface area contributed by atoms with Crippen molar-refractivity contribution in [1.82, 2.24) is 24.8 Å². The van der Waals surface area contributed by atoms with Gasteiger partial charge in [-0.25, -0.2) is 9.50 Å². The summed E-state index contributed by atoms with van der Waals surface area (Å²) in [6, 6.07) is 2.20. The SMILES string of the molecule is CCCC(=O)N1CCC(c2cc3nc(C)c(CCC(=O)NC(C)C)c(C)n3n2)C1. The Morgan fingerprint density at radius 3 is 2.72 bits per heavy atom. The van der Waals surface area contributed by atoms with Crippen molar-refractivity contribution in [2.75, 3.05) is 13.1 Å².